The van der Waals surface area contributed by atoms with Crippen LogP contribution in [0.25, 0.3) is 6.08 Å². The van der Waals surface area contributed by atoms with Crippen molar-refractivity contribution >= 4 is 63.6 Å². The van der Waals surface area contributed by atoms with Crippen molar-refractivity contribution < 1.29 is 4.79 Å². The van der Waals surface area contributed by atoms with Gasteiger partial charge in [-0.3, -0.25) is 4.79 Å². The lowest BCUT2D eigenvalue weighted by molar-refractivity contribution is -0.115. The van der Waals surface area contributed by atoms with Gasteiger partial charge in [0, 0.05) is 14.8 Å². The molecular weight excluding hydrogens is 354 g/mol. The van der Waals surface area contributed by atoms with Crippen molar-refractivity contribution in [3.8, 4) is 0 Å². The third-order valence-corrected chi connectivity index (χ3v) is 5.30. The predicted molar refractivity (Wildman–Crippen MR) is 98.3 cm³/mol. The quantitative estimate of drug-likeness (QED) is 0.615. The van der Waals surface area contributed by atoms with Gasteiger partial charge in [-0.25, -0.2) is 0 Å². The zero-order valence-electron chi connectivity index (χ0n) is 11.2. The number of thioether (sulfide) groups is 1. The summed E-state index contributed by atoms with van der Waals surface area (Å²) in [6.07, 6.45) is 1.84. The van der Waals surface area contributed by atoms with Gasteiger partial charge in [-0.15, -0.1) is 0 Å². The summed E-state index contributed by atoms with van der Waals surface area (Å²) in [5.74, 6) is -0.130. The Bertz CT molecular complexity index is 754. The van der Waals surface area contributed by atoms with Crippen LogP contribution in [0, 0.1) is 0 Å². The number of carbonyl (C=O) groups excluding carboxylic acids is 1. The molecule has 1 heterocycles. The first-order valence-electron chi connectivity index (χ1n) is 6.38. The van der Waals surface area contributed by atoms with Crippen LogP contribution < -0.4 is 5.32 Å². The number of rotatable bonds is 3. The average molecular weight is 364 g/mol. The van der Waals surface area contributed by atoms with Gasteiger partial charge in [0.15, 0.2) is 0 Å². The normalized spacial score (nSPS) is 16.1. The molecule has 3 rings (SSSR count). The number of hydrogen-bond acceptors (Lipinski definition) is 4. The van der Waals surface area contributed by atoms with Gasteiger partial charge >= 0.3 is 0 Å². The van der Waals surface area contributed by atoms with Gasteiger partial charge in [0.2, 0.25) is 0 Å². The fourth-order valence-electron chi connectivity index (χ4n) is 1.84. The zero-order chi connectivity index (χ0) is 15.5. The van der Waals surface area contributed by atoms with Gasteiger partial charge in [-0.2, -0.15) is 0 Å². The van der Waals surface area contributed by atoms with Crippen LogP contribution in [0.2, 0.25) is 5.02 Å². The number of thiocarbonyl (C=S) groups is 1. The molecule has 0 radical (unpaired) electrons. The molecule has 0 spiro atoms. The second-order valence-corrected chi connectivity index (χ2v) is 7.78. The van der Waals surface area contributed by atoms with E-state index >= 15 is 0 Å². The Morgan fingerprint density at radius 2 is 1.64 bits per heavy atom. The summed E-state index contributed by atoms with van der Waals surface area (Å²) in [6.45, 7) is 0. The summed E-state index contributed by atoms with van der Waals surface area (Å²) in [4.78, 5) is 14.5. The fraction of sp³-hybridized carbons (Fsp3) is 0. The van der Waals surface area contributed by atoms with E-state index in [0.29, 0.717) is 9.23 Å². The number of halogens is 1. The zero-order valence-corrected chi connectivity index (χ0v) is 14.4. The fourth-order valence-corrected chi connectivity index (χ4v) is 3.83. The number of benzene rings is 2. The van der Waals surface area contributed by atoms with E-state index < -0.39 is 0 Å². The van der Waals surface area contributed by atoms with Gasteiger partial charge in [-0.05, 0) is 48.0 Å². The van der Waals surface area contributed by atoms with Crippen LogP contribution >= 0.6 is 47.3 Å². The Labute approximate surface area is 147 Å². The molecule has 2 nitrogen and oxygen atoms in total. The minimum Gasteiger partial charge on any atom is -0.307 e. The molecule has 110 valence electrons. The third kappa shape index (κ3) is 3.93. The maximum atomic E-state index is 11.6. The van der Waals surface area contributed by atoms with Crippen LogP contribution in [0.3, 0.4) is 0 Å². The molecule has 6 heteroatoms. The minimum absolute atomic E-state index is 0.130. The predicted octanol–water partition coefficient (Wildman–Crippen LogP) is 4.98. The first-order chi connectivity index (χ1) is 10.6. The molecule has 1 fully saturated rings. The summed E-state index contributed by atoms with van der Waals surface area (Å²) in [7, 11) is 0. The lowest BCUT2D eigenvalue weighted by atomic mass is 10.2. The van der Waals surface area contributed by atoms with E-state index in [1.807, 2.05) is 54.6 Å². The van der Waals surface area contributed by atoms with Crippen molar-refractivity contribution in [2.24, 2.45) is 0 Å². The van der Waals surface area contributed by atoms with Gasteiger partial charge in [0.25, 0.3) is 5.91 Å². The van der Waals surface area contributed by atoms with Crippen molar-refractivity contribution in [2.75, 3.05) is 0 Å². The molecule has 0 atom stereocenters. The molecule has 22 heavy (non-hydrogen) atoms. The highest BCUT2D eigenvalue weighted by molar-refractivity contribution is 8.26. The minimum atomic E-state index is -0.130. The largest absolute Gasteiger partial charge is 0.307 e. The molecule has 1 amide bonds. The van der Waals surface area contributed by atoms with E-state index in [4.69, 9.17) is 23.8 Å². The highest BCUT2D eigenvalue weighted by Gasteiger charge is 2.21. The Kier molecular flexibility index (Phi) is 4.88. The Balaban J connectivity index is 1.73. The first-order valence-corrected chi connectivity index (χ1v) is 8.80. The average Bonchev–Trinajstić information content (AvgIpc) is 2.81. The van der Waals surface area contributed by atoms with Gasteiger partial charge in [0.05, 0.1) is 4.91 Å². The Morgan fingerprint density at radius 1 is 1.05 bits per heavy atom. The van der Waals surface area contributed by atoms with Crippen LogP contribution in [0.15, 0.2) is 63.2 Å². The topological polar surface area (TPSA) is 29.1 Å². The molecule has 0 saturated carbocycles. The summed E-state index contributed by atoms with van der Waals surface area (Å²) < 4.78 is 0.506. The SMILES string of the molecule is O=C1NC(=S)S/C1=C/c1ccc(Sc2ccc(Cl)cc2)cc1. The lowest BCUT2D eigenvalue weighted by Crippen LogP contribution is -2.17. The maximum absolute atomic E-state index is 11.6. The van der Waals surface area contributed by atoms with Crippen molar-refractivity contribution in [3.63, 3.8) is 0 Å². The second kappa shape index (κ2) is 6.87. The second-order valence-electron chi connectivity index (χ2n) is 4.48. The Morgan fingerprint density at radius 3 is 2.18 bits per heavy atom. The number of nitrogens with one attached hydrogen (secondary N) is 1. The lowest BCUT2D eigenvalue weighted by Gasteiger charge is -2.03. The van der Waals surface area contributed by atoms with Crippen molar-refractivity contribution in [1.29, 1.82) is 0 Å². The number of carbonyl (C=O) groups is 1. The van der Waals surface area contributed by atoms with E-state index in [1.54, 1.807) is 11.8 Å². The molecule has 1 N–H and O–H groups in total. The summed E-state index contributed by atoms with van der Waals surface area (Å²) >= 11 is 13.8. The number of hydrogen-bond donors (Lipinski definition) is 1. The molecule has 0 bridgehead atoms. The summed E-state index contributed by atoms with van der Waals surface area (Å²) in [5.41, 5.74) is 0.975. The standard InChI is InChI=1S/C16H10ClNOS3/c17-11-3-7-13(8-4-11)21-12-5-1-10(2-6-12)9-14-15(19)18-16(20)22-14/h1-9H,(H,18,19,20)/b14-9+. The van der Waals surface area contributed by atoms with Crippen LogP contribution in [0.4, 0.5) is 0 Å². The monoisotopic (exact) mass is 363 g/mol. The summed E-state index contributed by atoms with van der Waals surface area (Å²) in [5, 5.41) is 3.34. The van der Waals surface area contributed by atoms with E-state index in [0.717, 1.165) is 20.4 Å². The highest BCUT2D eigenvalue weighted by Crippen LogP contribution is 2.30. The van der Waals surface area contributed by atoms with E-state index in [1.165, 1.54) is 11.8 Å². The molecule has 1 saturated heterocycles. The van der Waals surface area contributed by atoms with Gasteiger partial charge < -0.3 is 5.32 Å². The van der Waals surface area contributed by atoms with Crippen LogP contribution in [0.1, 0.15) is 5.56 Å². The van der Waals surface area contributed by atoms with Crippen molar-refractivity contribution in [3.05, 3.63) is 64.0 Å². The van der Waals surface area contributed by atoms with E-state index in [9.17, 15) is 4.79 Å². The highest BCUT2D eigenvalue weighted by atomic mass is 35.5. The molecule has 1 aliphatic rings. The molecule has 0 unspecified atom stereocenters. The van der Waals surface area contributed by atoms with Crippen LogP contribution in [-0.2, 0) is 4.79 Å². The van der Waals surface area contributed by atoms with Crippen LogP contribution in [-0.4, -0.2) is 10.2 Å². The van der Waals surface area contributed by atoms with Gasteiger partial charge in [-0.1, -0.05) is 59.5 Å². The number of amides is 1. The Hall–Kier alpha value is -1.27. The summed E-state index contributed by atoms with van der Waals surface area (Å²) in [6, 6.07) is 15.8. The third-order valence-electron chi connectivity index (χ3n) is 2.87. The molecule has 1 aliphatic heterocycles. The smallest absolute Gasteiger partial charge is 0.263 e. The maximum Gasteiger partial charge on any atom is 0.263 e. The van der Waals surface area contributed by atoms with E-state index in [-0.39, 0.29) is 5.91 Å². The van der Waals surface area contributed by atoms with E-state index in [2.05, 4.69) is 5.32 Å². The van der Waals surface area contributed by atoms with Gasteiger partial charge in [0.1, 0.15) is 4.32 Å². The molecular formula is C16H10ClNOS3. The van der Waals surface area contributed by atoms with Crippen molar-refractivity contribution in [2.45, 2.75) is 9.79 Å². The van der Waals surface area contributed by atoms with Crippen molar-refractivity contribution in [1.82, 2.24) is 5.32 Å². The molecule has 0 aromatic heterocycles. The molecule has 2 aromatic carbocycles. The van der Waals surface area contributed by atoms with Crippen LogP contribution in [0.5, 0.6) is 0 Å². The molecule has 0 aliphatic carbocycles. The molecule has 2 aromatic rings. The first kappa shape index (κ1) is 15.6.